The second-order valence-electron chi connectivity index (χ2n) is 21.0. The van der Waals surface area contributed by atoms with Crippen LogP contribution < -0.4 is 0 Å². The molecule has 0 bridgehead atoms. The van der Waals surface area contributed by atoms with E-state index in [0.29, 0.717) is 42.8 Å². The second kappa shape index (κ2) is 53.5. The van der Waals surface area contributed by atoms with Crippen molar-refractivity contribution in [3.8, 4) is 0 Å². The molecule has 0 aromatic rings. The van der Waals surface area contributed by atoms with Crippen molar-refractivity contribution in [2.45, 2.75) is 271 Å². The van der Waals surface area contributed by atoms with Gasteiger partial charge in [-0.1, -0.05) is 146 Å². The fourth-order valence-electron chi connectivity index (χ4n) is 5.71. The molecule has 2 atom stereocenters. The summed E-state index contributed by atoms with van der Waals surface area (Å²) in [6.45, 7) is 33.4. The molecule has 0 aliphatic heterocycles. The monoisotopic (exact) mass is 1360 g/mol. The summed E-state index contributed by atoms with van der Waals surface area (Å²) in [6.07, 6.45) is 20.1. The summed E-state index contributed by atoms with van der Waals surface area (Å²) in [5.74, 6) is 1.03. The van der Waals surface area contributed by atoms with Crippen LogP contribution in [0.1, 0.15) is 171 Å². The normalized spacial score (nSPS) is 13.2. The Kier molecular flexibility index (Phi) is 72.2. The van der Waals surface area contributed by atoms with Gasteiger partial charge >= 0.3 is 25.7 Å². The molecule has 0 rings (SSSR count). The zero-order chi connectivity index (χ0) is 54.8. The molecule has 0 saturated carbocycles. The molecule has 0 aliphatic rings. The van der Waals surface area contributed by atoms with E-state index in [-0.39, 0.29) is 65.4 Å². The van der Waals surface area contributed by atoms with Gasteiger partial charge in [-0.3, -0.25) is 0 Å². The van der Waals surface area contributed by atoms with Crippen LogP contribution >= 0.6 is 56.4 Å². The predicted molar refractivity (Wildman–Crippen MR) is 319 cm³/mol. The molecule has 9 nitrogen and oxygen atoms in total. The largest absolute Gasteiger partial charge is 0.463 e. The van der Waals surface area contributed by atoms with Crippen LogP contribution in [0.4, 0.5) is 0 Å². The molecule has 0 saturated heterocycles. The van der Waals surface area contributed by atoms with E-state index in [9.17, 15) is 14.4 Å². The molecule has 23 heteroatoms. The van der Waals surface area contributed by atoms with Crippen molar-refractivity contribution in [1.29, 1.82) is 0 Å². The third-order valence-corrected chi connectivity index (χ3v) is 21.3. The standard InChI is InChI=1S/C10H22Cl2O2Si.C9H21O2Si.C7H18OSi.C6H16O2Si.C5H13ClOSi.C5H13OSi.C4H10Cl2Si.2Y/c1-4-9(2)8-10(11,12)6-5-7-15(3,13)14;1-3-4-5-6-7-8-9-12(2,10)11;1-4-5-6-7-9(2,3)8;1-3-4-5-6-9(2,7)8;1-5(2)4-8(3,6)7;1-4-5-7(2,3)6;1-3-4-7(2,5)6;;/h9,13-14H,4-8H2,1-3H3;6,10-11H,3-5,7-9H2,1-2H3;8H,4-7H2,1-3H3;7-8H,3-6H2,1-2H3;5,7H,4H2,1-3H3;5-6H,4H2,1-3H3;3-4H2,1-2H3;;/q;-1;;;;-1;;;. The maximum Gasteiger partial charge on any atom is 0.329 e. The molecule has 0 aromatic carbocycles. The maximum absolute atomic E-state index is 9.38. The SMILES string of the molecule is CC(C)C[Si](C)(O)Cl.CCC(C)CC(Cl)(Cl)CCC[Si](C)(O)O.CCCCC[Si](C)(C)O.CCCCC[Si](C)(O)O.CCCC[CH-]CCC[Si](C)(O)O.CCC[Si](C)(Cl)Cl.CC[CH-][Si](C)(C)O.[Y].[Y]. The van der Waals surface area contributed by atoms with Crippen LogP contribution in [0.15, 0.2) is 0 Å². The first-order valence-electron chi connectivity index (χ1n) is 25.5. The van der Waals surface area contributed by atoms with Crippen LogP contribution in [0, 0.1) is 24.3 Å². The van der Waals surface area contributed by atoms with Crippen molar-refractivity contribution in [2.24, 2.45) is 11.8 Å². The summed E-state index contributed by atoms with van der Waals surface area (Å²) in [5.41, 5.74) is 0. The number of rotatable bonds is 28. The van der Waals surface area contributed by atoms with Gasteiger partial charge in [-0.15, -0.1) is 56.4 Å². The first kappa shape index (κ1) is 93.2. The Morgan fingerprint density at radius 2 is 0.870 bits per heavy atom. The quantitative estimate of drug-likeness (QED) is 0.0121. The minimum absolute atomic E-state index is 0. The van der Waals surface area contributed by atoms with E-state index >= 15 is 0 Å². The Morgan fingerprint density at radius 3 is 1.12 bits per heavy atom. The Morgan fingerprint density at radius 1 is 0.493 bits per heavy atom. The minimum atomic E-state index is -2.92. The van der Waals surface area contributed by atoms with E-state index < -0.39 is 61.0 Å². The van der Waals surface area contributed by atoms with Gasteiger partial charge < -0.3 is 55.6 Å². The zero-order valence-corrected chi connectivity index (χ0v) is 64.1. The number of hydrogen-bond acceptors (Lipinski definition) is 9. The van der Waals surface area contributed by atoms with Crippen molar-refractivity contribution in [2.75, 3.05) is 0 Å². The first-order valence-corrected chi connectivity index (χ1v) is 48.6. The second-order valence-corrected chi connectivity index (χ2v) is 52.6. The van der Waals surface area contributed by atoms with Gasteiger partial charge in [0.25, 0.3) is 7.63 Å². The van der Waals surface area contributed by atoms with Crippen LogP contribution in [0.3, 0.4) is 0 Å². The van der Waals surface area contributed by atoms with Gasteiger partial charge in [0.1, 0.15) is 4.33 Å². The van der Waals surface area contributed by atoms with Crippen molar-refractivity contribution in [3.05, 3.63) is 12.5 Å². The molecule has 0 heterocycles. The Labute approximate surface area is 511 Å². The number of halogens is 5. The molecular weight excluding hydrogens is 1250 g/mol. The Hall–Kier alpha value is 4.82. The molecule has 2 radical (unpaired) electrons. The van der Waals surface area contributed by atoms with Gasteiger partial charge in [-0.25, -0.2) is 0 Å². The summed E-state index contributed by atoms with van der Waals surface area (Å²) >= 11 is 29.4. The number of alkyl halides is 2. The molecule has 2 unspecified atom stereocenters. The maximum atomic E-state index is 9.38. The molecule has 9 N–H and O–H groups in total. The average Bonchev–Trinajstić information content (AvgIpc) is 3.07. The fourth-order valence-corrected chi connectivity index (χ4v) is 15.7. The smallest absolute Gasteiger partial charge is 0.329 e. The van der Waals surface area contributed by atoms with Gasteiger partial charge in [-0.2, -0.15) is 19.3 Å². The fraction of sp³-hybridized carbons (Fsp3) is 0.957. The average molecular weight is 1360 g/mol. The van der Waals surface area contributed by atoms with Crippen LogP contribution in [0.5, 0.6) is 0 Å². The first-order chi connectivity index (χ1) is 29.9. The van der Waals surface area contributed by atoms with Crippen LogP contribution in [-0.2, 0) is 65.4 Å². The topological polar surface area (TPSA) is 182 Å². The van der Waals surface area contributed by atoms with Crippen molar-refractivity contribution in [3.63, 3.8) is 0 Å². The van der Waals surface area contributed by atoms with Crippen molar-refractivity contribution < 1.29 is 109 Å². The van der Waals surface area contributed by atoms with Gasteiger partial charge in [-0.05, 0) is 113 Å². The van der Waals surface area contributed by atoms with Gasteiger partial charge in [0.2, 0.25) is 6.69 Å². The molecule has 0 fully saturated rings. The molecule has 0 aromatic heterocycles. The molecule has 0 spiro atoms. The molecule has 0 aliphatic carbocycles. The molecule has 69 heavy (non-hydrogen) atoms. The van der Waals surface area contributed by atoms with Crippen molar-refractivity contribution in [1.82, 2.24) is 0 Å². The summed E-state index contributed by atoms with van der Waals surface area (Å²) in [5, 5.41) is 0. The van der Waals surface area contributed by atoms with Gasteiger partial charge in [0, 0.05) is 73.7 Å². The number of unbranched alkanes of at least 4 members (excludes halogenated alkanes) is 9. The van der Waals surface area contributed by atoms with E-state index in [1.165, 1.54) is 45.1 Å². The van der Waals surface area contributed by atoms with Crippen molar-refractivity contribution >= 4 is 113 Å². The summed E-state index contributed by atoms with van der Waals surface area (Å²) in [7, 11) is -14.1. The third-order valence-electron chi connectivity index (χ3n) is 9.18. The minimum Gasteiger partial charge on any atom is -0.463 e. The molecule has 422 valence electrons. The summed E-state index contributed by atoms with van der Waals surface area (Å²) in [4.78, 5) is 82.2. The van der Waals surface area contributed by atoms with E-state index in [1.54, 1.807) is 19.6 Å². The predicted octanol–water partition coefficient (Wildman–Crippen LogP) is 15.5. The summed E-state index contributed by atoms with van der Waals surface area (Å²) < 4.78 is -0.713. The van der Waals surface area contributed by atoms with E-state index in [1.807, 2.05) is 45.7 Å². The van der Waals surface area contributed by atoms with E-state index in [0.717, 1.165) is 75.9 Å². The van der Waals surface area contributed by atoms with Gasteiger partial charge in [0.15, 0.2) is 8.32 Å². The van der Waals surface area contributed by atoms with E-state index in [2.05, 4.69) is 61.8 Å². The third kappa shape index (κ3) is 126. The number of hydrogen-bond donors (Lipinski definition) is 9. The Bertz CT molecular complexity index is 993. The Balaban J connectivity index is -0.0000000880. The van der Waals surface area contributed by atoms with Crippen LogP contribution in [-0.4, -0.2) is 104 Å². The summed E-state index contributed by atoms with van der Waals surface area (Å²) in [6, 6.07) is 6.55. The van der Waals surface area contributed by atoms with E-state index in [4.69, 9.17) is 85.2 Å². The van der Waals surface area contributed by atoms with Crippen LogP contribution in [0.2, 0.25) is 95.2 Å². The van der Waals surface area contributed by atoms with Crippen LogP contribution in [0.25, 0.3) is 0 Å². The van der Waals surface area contributed by atoms with Gasteiger partial charge in [0.05, 0.1) is 0 Å². The zero-order valence-electron chi connectivity index (χ0n) is 47.6. The molecular formula is C46H113Cl5O9Si7Y2-2. The molecule has 0 amide bonds.